The second kappa shape index (κ2) is 7.14. The van der Waals surface area contributed by atoms with E-state index in [0.29, 0.717) is 22.0 Å². The Morgan fingerprint density at radius 1 is 1.10 bits per heavy atom. The number of carboxylic acid groups (broad SMARTS) is 1. The molecule has 0 N–H and O–H groups in total. The number of hydrogen-bond donors (Lipinski definition) is 0. The highest BCUT2D eigenvalue weighted by Crippen LogP contribution is 2.32. The quantitative estimate of drug-likeness (QED) is 0.483. The monoisotopic (exact) mass is 404 g/mol. The lowest BCUT2D eigenvalue weighted by Crippen LogP contribution is -2.47. The fourth-order valence-corrected chi connectivity index (χ4v) is 3.72. The van der Waals surface area contributed by atoms with Crippen molar-refractivity contribution in [2.45, 2.75) is 20.8 Å². The van der Waals surface area contributed by atoms with Gasteiger partial charge in [0.05, 0.1) is 12.5 Å². The highest BCUT2D eigenvalue weighted by atomic mass is 16.5. The molecule has 0 atom stereocenters. The number of carbonyl (C=O) groups is 3. The van der Waals surface area contributed by atoms with Gasteiger partial charge < -0.3 is 14.4 Å². The third-order valence-corrected chi connectivity index (χ3v) is 5.07. The van der Waals surface area contributed by atoms with Crippen molar-refractivity contribution < 1.29 is 24.0 Å². The number of imide groups is 1. The maximum atomic E-state index is 13.0. The molecule has 3 aromatic rings. The first-order valence-corrected chi connectivity index (χ1v) is 9.27. The second-order valence-corrected chi connectivity index (χ2v) is 7.13. The number of aryl methyl sites for hydroxylation is 2. The van der Waals surface area contributed by atoms with Crippen LogP contribution in [0.15, 0.2) is 40.9 Å². The first kappa shape index (κ1) is 19.4. The summed E-state index contributed by atoms with van der Waals surface area (Å²) < 4.78 is 7.06. The molecule has 1 aliphatic heterocycles. The highest BCUT2D eigenvalue weighted by Gasteiger charge is 2.34. The number of fused-ring (bicyclic) bond motifs is 1. The molecule has 1 aliphatic rings. The van der Waals surface area contributed by atoms with Gasteiger partial charge in [0.1, 0.15) is 5.76 Å². The van der Waals surface area contributed by atoms with Crippen molar-refractivity contribution in [1.29, 1.82) is 0 Å². The van der Waals surface area contributed by atoms with E-state index in [4.69, 9.17) is 4.52 Å². The van der Waals surface area contributed by atoms with Crippen LogP contribution in [0, 0.1) is 20.8 Å². The topological polar surface area (TPSA) is 108 Å². The van der Waals surface area contributed by atoms with Gasteiger partial charge in [0, 0.05) is 28.6 Å². The van der Waals surface area contributed by atoms with Crippen LogP contribution in [0.4, 0.5) is 0 Å². The summed E-state index contributed by atoms with van der Waals surface area (Å²) >= 11 is 0. The lowest BCUT2D eigenvalue weighted by atomic mass is 9.92. The molecule has 3 heterocycles. The number of aromatic nitrogens is 2. The highest BCUT2D eigenvalue weighted by molar-refractivity contribution is 6.34. The molecule has 0 bridgehead atoms. The van der Waals surface area contributed by atoms with E-state index < -0.39 is 24.3 Å². The molecule has 4 rings (SSSR count). The third-order valence-electron chi connectivity index (χ3n) is 5.07. The predicted molar refractivity (Wildman–Crippen MR) is 105 cm³/mol. The van der Waals surface area contributed by atoms with E-state index in [0.717, 1.165) is 17.0 Å². The Hall–Kier alpha value is -3.94. The fraction of sp³-hybridized carbons (Fsp3) is 0.182. The Kier molecular flexibility index (Phi) is 4.62. The molecule has 0 aliphatic carbocycles. The molecular formula is C22H18N3O5-. The normalized spacial score (nSPS) is 15.0. The van der Waals surface area contributed by atoms with E-state index >= 15 is 0 Å². The minimum absolute atomic E-state index is 0.239. The summed E-state index contributed by atoms with van der Waals surface area (Å²) in [5.74, 6) is -1.54. The molecule has 0 fully saturated rings. The van der Waals surface area contributed by atoms with Crippen LogP contribution in [0.1, 0.15) is 38.6 Å². The summed E-state index contributed by atoms with van der Waals surface area (Å²) in [6, 6.07) is 10.3. The van der Waals surface area contributed by atoms with Gasteiger partial charge in [0.25, 0.3) is 11.8 Å². The van der Waals surface area contributed by atoms with Crippen LogP contribution in [0.2, 0.25) is 0 Å². The van der Waals surface area contributed by atoms with Crippen molar-refractivity contribution in [3.05, 3.63) is 70.2 Å². The van der Waals surface area contributed by atoms with Crippen molar-refractivity contribution in [3.8, 4) is 5.82 Å². The molecule has 0 spiro atoms. The number of aliphatic carboxylic acids is 1. The van der Waals surface area contributed by atoms with Gasteiger partial charge in [0.15, 0.2) is 5.82 Å². The summed E-state index contributed by atoms with van der Waals surface area (Å²) in [5, 5.41) is 15.1. The van der Waals surface area contributed by atoms with Crippen molar-refractivity contribution in [2.75, 3.05) is 6.54 Å². The van der Waals surface area contributed by atoms with Gasteiger partial charge in [-0.1, -0.05) is 23.4 Å². The van der Waals surface area contributed by atoms with Crippen molar-refractivity contribution in [2.24, 2.45) is 0 Å². The molecule has 2 aromatic heterocycles. The van der Waals surface area contributed by atoms with Gasteiger partial charge in [-0.3, -0.25) is 19.1 Å². The smallest absolute Gasteiger partial charge is 0.261 e. The van der Waals surface area contributed by atoms with Crippen LogP contribution < -0.4 is 5.11 Å². The largest absolute Gasteiger partial charge is 0.548 e. The van der Waals surface area contributed by atoms with Gasteiger partial charge in [-0.25, -0.2) is 0 Å². The van der Waals surface area contributed by atoms with Crippen LogP contribution in [0.3, 0.4) is 0 Å². The lowest BCUT2D eigenvalue weighted by Gasteiger charge is -2.28. The number of carbonyl (C=O) groups excluding carboxylic acids is 3. The van der Waals surface area contributed by atoms with E-state index in [1.54, 1.807) is 43.3 Å². The number of rotatable bonds is 4. The van der Waals surface area contributed by atoms with Crippen molar-refractivity contribution >= 4 is 29.4 Å². The number of nitrogens with zero attached hydrogens (tertiary/aromatic N) is 3. The van der Waals surface area contributed by atoms with E-state index in [1.165, 1.54) is 0 Å². The van der Waals surface area contributed by atoms with E-state index in [1.807, 2.05) is 24.5 Å². The minimum Gasteiger partial charge on any atom is -0.548 e. The Labute approximate surface area is 172 Å². The molecule has 0 radical (unpaired) electrons. The number of hydrogen-bond acceptors (Lipinski definition) is 6. The van der Waals surface area contributed by atoms with Gasteiger partial charge in [-0.2, -0.15) is 0 Å². The summed E-state index contributed by atoms with van der Waals surface area (Å²) in [5.41, 5.74) is 3.42. The van der Waals surface area contributed by atoms with Gasteiger partial charge in [-0.15, -0.1) is 0 Å². The molecule has 0 saturated carbocycles. The summed E-state index contributed by atoms with van der Waals surface area (Å²) in [7, 11) is 0. The summed E-state index contributed by atoms with van der Waals surface area (Å²) in [6.45, 7) is 4.78. The van der Waals surface area contributed by atoms with Crippen LogP contribution >= 0.6 is 0 Å². The van der Waals surface area contributed by atoms with E-state index in [2.05, 4.69) is 5.16 Å². The maximum Gasteiger partial charge on any atom is 0.261 e. The lowest BCUT2D eigenvalue weighted by molar-refractivity contribution is -0.305. The molecule has 8 nitrogen and oxygen atoms in total. The SMILES string of the molecule is Cc1cc(-n2c(C)cc(/C=C3\C(=O)N(CC(=O)[O-])C(=O)c4ccccc43)c2C)no1. The average Bonchev–Trinajstić information content (AvgIpc) is 3.24. The van der Waals surface area contributed by atoms with Crippen LogP contribution in [0.5, 0.6) is 0 Å². The number of amides is 2. The molecule has 1 aromatic carbocycles. The van der Waals surface area contributed by atoms with Crippen molar-refractivity contribution in [1.82, 2.24) is 14.6 Å². The van der Waals surface area contributed by atoms with Gasteiger partial charge in [0.2, 0.25) is 0 Å². The minimum atomic E-state index is -1.50. The second-order valence-electron chi connectivity index (χ2n) is 7.13. The zero-order valence-corrected chi connectivity index (χ0v) is 16.6. The van der Waals surface area contributed by atoms with Crippen molar-refractivity contribution in [3.63, 3.8) is 0 Å². The molecule has 30 heavy (non-hydrogen) atoms. The average molecular weight is 404 g/mol. The first-order chi connectivity index (χ1) is 14.3. The Bertz CT molecular complexity index is 1230. The molecule has 152 valence electrons. The fourth-order valence-electron chi connectivity index (χ4n) is 3.72. The van der Waals surface area contributed by atoms with Crippen LogP contribution in [-0.4, -0.2) is 39.0 Å². The molecule has 8 heteroatoms. The van der Waals surface area contributed by atoms with Crippen LogP contribution in [-0.2, 0) is 9.59 Å². The van der Waals surface area contributed by atoms with Crippen LogP contribution in [0.25, 0.3) is 17.5 Å². The zero-order chi connectivity index (χ0) is 21.6. The predicted octanol–water partition coefficient (Wildman–Crippen LogP) is 1.66. The Balaban J connectivity index is 1.87. The zero-order valence-electron chi connectivity index (χ0n) is 16.6. The standard InChI is InChI=1S/C22H19N3O5/c1-12-8-15(14(3)25(12)19-9-13(2)30-23-19)10-18-16-6-4-5-7-17(16)21(28)24(22(18)29)11-20(26)27/h4-10H,11H2,1-3H3,(H,26,27)/p-1/b18-10-. The van der Waals surface area contributed by atoms with E-state index in [9.17, 15) is 19.5 Å². The molecule has 0 unspecified atom stereocenters. The summed E-state index contributed by atoms with van der Waals surface area (Å²) in [4.78, 5) is 37.5. The molecule has 0 saturated heterocycles. The van der Waals surface area contributed by atoms with E-state index in [-0.39, 0.29) is 11.1 Å². The summed E-state index contributed by atoms with van der Waals surface area (Å²) in [6.07, 6.45) is 1.67. The number of benzene rings is 1. The molecule has 2 amide bonds. The van der Waals surface area contributed by atoms with Gasteiger partial charge in [-0.05, 0) is 50.1 Å². The first-order valence-electron chi connectivity index (χ1n) is 9.27. The molecular weight excluding hydrogens is 386 g/mol. The maximum absolute atomic E-state index is 13.0. The Morgan fingerprint density at radius 2 is 1.80 bits per heavy atom. The third kappa shape index (κ3) is 3.12. The van der Waals surface area contributed by atoms with Gasteiger partial charge >= 0.3 is 0 Å². The Morgan fingerprint density at radius 3 is 2.43 bits per heavy atom. The number of carboxylic acids is 1.